The summed E-state index contributed by atoms with van der Waals surface area (Å²) in [5.74, 6) is -0.355. The lowest BCUT2D eigenvalue weighted by atomic mass is 10.1. The van der Waals surface area contributed by atoms with Gasteiger partial charge in [0.1, 0.15) is 5.82 Å². The Labute approximate surface area is 120 Å². The molecule has 18 heavy (non-hydrogen) atoms. The summed E-state index contributed by atoms with van der Waals surface area (Å²) in [5, 5.41) is 1.04. The summed E-state index contributed by atoms with van der Waals surface area (Å²) in [7, 11) is 0. The number of morpholine rings is 1. The standard InChI is InChI=1S/C13H16BrClFNO/c1-9-8-18-11(5-14)7-17(9)6-10-3-2-4-12(16)13(10)15/h2-4,9,11H,5-8H2,1H3. The highest BCUT2D eigenvalue weighted by Gasteiger charge is 2.26. The lowest BCUT2D eigenvalue weighted by molar-refractivity contribution is -0.0499. The fourth-order valence-electron chi connectivity index (χ4n) is 2.08. The van der Waals surface area contributed by atoms with Crippen LogP contribution in [0.5, 0.6) is 0 Å². The molecule has 0 spiro atoms. The average Bonchev–Trinajstić information content (AvgIpc) is 2.37. The number of hydrogen-bond acceptors (Lipinski definition) is 2. The van der Waals surface area contributed by atoms with Gasteiger partial charge in [-0.1, -0.05) is 39.7 Å². The minimum absolute atomic E-state index is 0.188. The molecule has 0 saturated carbocycles. The monoisotopic (exact) mass is 335 g/mol. The molecule has 2 rings (SSSR count). The Morgan fingerprint density at radius 2 is 2.33 bits per heavy atom. The van der Waals surface area contributed by atoms with Crippen molar-refractivity contribution in [2.45, 2.75) is 25.6 Å². The number of rotatable bonds is 3. The van der Waals surface area contributed by atoms with Crippen LogP contribution < -0.4 is 0 Å². The molecule has 1 fully saturated rings. The fourth-order valence-corrected chi connectivity index (χ4v) is 2.66. The van der Waals surface area contributed by atoms with Crippen LogP contribution in [0.4, 0.5) is 4.39 Å². The van der Waals surface area contributed by atoms with Gasteiger partial charge in [0, 0.05) is 24.5 Å². The molecular formula is C13H16BrClFNO. The van der Waals surface area contributed by atoms with Gasteiger partial charge in [0.2, 0.25) is 0 Å². The van der Waals surface area contributed by atoms with Crippen molar-refractivity contribution in [3.63, 3.8) is 0 Å². The number of ether oxygens (including phenoxy) is 1. The molecule has 1 aliphatic heterocycles. The van der Waals surface area contributed by atoms with E-state index in [9.17, 15) is 4.39 Å². The SMILES string of the molecule is CC1COC(CBr)CN1Cc1cccc(F)c1Cl. The van der Waals surface area contributed by atoms with Gasteiger partial charge < -0.3 is 4.74 Å². The topological polar surface area (TPSA) is 12.5 Å². The summed E-state index contributed by atoms with van der Waals surface area (Å²) in [6, 6.07) is 5.27. The zero-order chi connectivity index (χ0) is 13.1. The lowest BCUT2D eigenvalue weighted by Gasteiger charge is -2.37. The molecule has 0 amide bonds. The Morgan fingerprint density at radius 1 is 1.56 bits per heavy atom. The molecular weight excluding hydrogens is 321 g/mol. The van der Waals surface area contributed by atoms with Crippen LogP contribution in [0.15, 0.2) is 18.2 Å². The summed E-state index contributed by atoms with van der Waals surface area (Å²) >= 11 is 9.42. The summed E-state index contributed by atoms with van der Waals surface area (Å²) in [4.78, 5) is 2.27. The van der Waals surface area contributed by atoms with Gasteiger partial charge in [0.05, 0.1) is 17.7 Å². The summed E-state index contributed by atoms with van der Waals surface area (Å²) in [6.07, 6.45) is 0.188. The van der Waals surface area contributed by atoms with E-state index in [-0.39, 0.29) is 16.9 Å². The minimum Gasteiger partial charge on any atom is -0.374 e. The molecule has 1 saturated heterocycles. The second-order valence-corrected chi connectivity index (χ2v) is 5.63. The first-order chi connectivity index (χ1) is 8.61. The molecule has 1 aromatic rings. The highest BCUT2D eigenvalue weighted by molar-refractivity contribution is 9.09. The van der Waals surface area contributed by atoms with Crippen molar-refractivity contribution in [1.29, 1.82) is 0 Å². The Morgan fingerprint density at radius 3 is 3.06 bits per heavy atom. The van der Waals surface area contributed by atoms with Gasteiger partial charge in [-0.3, -0.25) is 4.90 Å². The van der Waals surface area contributed by atoms with Crippen LogP contribution in [0.3, 0.4) is 0 Å². The number of hydrogen-bond donors (Lipinski definition) is 0. The molecule has 0 bridgehead atoms. The second-order valence-electron chi connectivity index (χ2n) is 4.60. The van der Waals surface area contributed by atoms with Gasteiger partial charge in [-0.25, -0.2) is 4.39 Å². The van der Waals surface area contributed by atoms with Crippen molar-refractivity contribution in [3.05, 3.63) is 34.6 Å². The highest BCUT2D eigenvalue weighted by Crippen LogP contribution is 2.23. The average molecular weight is 337 g/mol. The third-order valence-electron chi connectivity index (χ3n) is 3.21. The third kappa shape index (κ3) is 3.23. The van der Waals surface area contributed by atoms with E-state index in [4.69, 9.17) is 16.3 Å². The Bertz CT molecular complexity index is 418. The predicted octanol–water partition coefficient (Wildman–Crippen LogP) is 3.46. The van der Waals surface area contributed by atoms with E-state index in [0.717, 1.165) is 17.4 Å². The molecule has 1 aliphatic rings. The van der Waals surface area contributed by atoms with E-state index in [2.05, 4.69) is 27.8 Å². The molecule has 0 N–H and O–H groups in total. The Kier molecular flexibility index (Phi) is 5.01. The summed E-state index contributed by atoms with van der Waals surface area (Å²) < 4.78 is 19.1. The van der Waals surface area contributed by atoms with E-state index < -0.39 is 0 Å². The van der Waals surface area contributed by atoms with E-state index in [1.165, 1.54) is 6.07 Å². The van der Waals surface area contributed by atoms with Crippen molar-refractivity contribution >= 4 is 27.5 Å². The highest BCUT2D eigenvalue weighted by atomic mass is 79.9. The Balaban J connectivity index is 2.09. The number of halogens is 3. The van der Waals surface area contributed by atoms with Gasteiger partial charge in [0.25, 0.3) is 0 Å². The smallest absolute Gasteiger partial charge is 0.142 e. The van der Waals surface area contributed by atoms with Crippen molar-refractivity contribution in [1.82, 2.24) is 4.90 Å². The first kappa shape index (κ1) is 14.3. The first-order valence-corrected chi connectivity index (χ1v) is 7.46. The predicted molar refractivity (Wildman–Crippen MR) is 74.8 cm³/mol. The van der Waals surface area contributed by atoms with Crippen LogP contribution in [0.1, 0.15) is 12.5 Å². The third-order valence-corrected chi connectivity index (χ3v) is 4.36. The van der Waals surface area contributed by atoms with Gasteiger partial charge in [-0.2, -0.15) is 0 Å². The maximum atomic E-state index is 13.4. The number of alkyl halides is 1. The minimum atomic E-state index is -0.355. The van der Waals surface area contributed by atoms with Crippen LogP contribution in [0.2, 0.25) is 5.02 Å². The largest absolute Gasteiger partial charge is 0.374 e. The van der Waals surface area contributed by atoms with Crippen LogP contribution >= 0.6 is 27.5 Å². The van der Waals surface area contributed by atoms with E-state index in [0.29, 0.717) is 19.2 Å². The van der Waals surface area contributed by atoms with Gasteiger partial charge >= 0.3 is 0 Å². The number of benzene rings is 1. The first-order valence-electron chi connectivity index (χ1n) is 5.96. The van der Waals surface area contributed by atoms with Crippen LogP contribution in [0.25, 0.3) is 0 Å². The molecule has 0 aromatic heterocycles. The van der Waals surface area contributed by atoms with Crippen LogP contribution in [0, 0.1) is 5.82 Å². The molecule has 100 valence electrons. The molecule has 0 aliphatic carbocycles. The maximum absolute atomic E-state index is 13.4. The summed E-state index contributed by atoms with van der Waals surface area (Å²) in [6.45, 7) is 4.30. The molecule has 2 atom stereocenters. The van der Waals surface area contributed by atoms with Gasteiger partial charge in [-0.15, -0.1) is 0 Å². The molecule has 2 unspecified atom stereocenters. The number of nitrogens with zero attached hydrogens (tertiary/aromatic N) is 1. The van der Waals surface area contributed by atoms with Crippen molar-refractivity contribution in [2.75, 3.05) is 18.5 Å². The fraction of sp³-hybridized carbons (Fsp3) is 0.538. The van der Waals surface area contributed by atoms with Gasteiger partial charge in [-0.05, 0) is 18.6 Å². The van der Waals surface area contributed by atoms with Crippen molar-refractivity contribution in [2.24, 2.45) is 0 Å². The van der Waals surface area contributed by atoms with Crippen molar-refractivity contribution < 1.29 is 9.13 Å². The quantitative estimate of drug-likeness (QED) is 0.784. The normalized spacial score (nSPS) is 25.3. The van der Waals surface area contributed by atoms with E-state index >= 15 is 0 Å². The van der Waals surface area contributed by atoms with E-state index in [1.54, 1.807) is 6.07 Å². The second kappa shape index (κ2) is 6.33. The van der Waals surface area contributed by atoms with Crippen LogP contribution in [-0.2, 0) is 11.3 Å². The molecule has 0 radical (unpaired) electrons. The molecule has 5 heteroatoms. The zero-order valence-electron chi connectivity index (χ0n) is 10.2. The van der Waals surface area contributed by atoms with Gasteiger partial charge in [0.15, 0.2) is 0 Å². The van der Waals surface area contributed by atoms with Crippen molar-refractivity contribution in [3.8, 4) is 0 Å². The lowest BCUT2D eigenvalue weighted by Crippen LogP contribution is -2.48. The molecule has 1 aromatic carbocycles. The zero-order valence-corrected chi connectivity index (χ0v) is 12.5. The molecule has 2 nitrogen and oxygen atoms in total. The summed E-state index contributed by atoms with van der Waals surface area (Å²) in [5.41, 5.74) is 0.832. The van der Waals surface area contributed by atoms with Crippen LogP contribution in [-0.4, -0.2) is 35.5 Å². The van der Waals surface area contributed by atoms with E-state index in [1.807, 2.05) is 6.07 Å². The molecule has 1 heterocycles. The Hall–Kier alpha value is -0.160. The maximum Gasteiger partial charge on any atom is 0.142 e.